The van der Waals surface area contributed by atoms with Crippen molar-refractivity contribution in [3.63, 3.8) is 0 Å². The minimum atomic E-state index is -0.770. The minimum absolute atomic E-state index is 0.0761. The summed E-state index contributed by atoms with van der Waals surface area (Å²) in [5.41, 5.74) is 4.09. The number of fused-ring (bicyclic) bond motifs is 1. The quantitative estimate of drug-likeness (QED) is 0.319. The summed E-state index contributed by atoms with van der Waals surface area (Å²) in [6.07, 6.45) is -0.770. The van der Waals surface area contributed by atoms with Crippen molar-refractivity contribution in [3.05, 3.63) is 76.3 Å². The van der Waals surface area contributed by atoms with E-state index in [1.54, 1.807) is 43.3 Å². The van der Waals surface area contributed by atoms with Crippen LogP contribution in [-0.4, -0.2) is 17.0 Å². The number of nitrogens with zero attached hydrogens (tertiary/aromatic N) is 1. The molecule has 1 N–H and O–H groups in total. The van der Waals surface area contributed by atoms with E-state index in [0.717, 1.165) is 5.56 Å². The maximum Gasteiger partial charge on any atom is 0.265 e. The second-order valence-corrected chi connectivity index (χ2v) is 9.70. The van der Waals surface area contributed by atoms with Gasteiger partial charge in [-0.15, -0.1) is 0 Å². The van der Waals surface area contributed by atoms with Gasteiger partial charge in [0.05, 0.1) is 5.02 Å². The van der Waals surface area contributed by atoms with E-state index in [1.165, 1.54) is 5.56 Å². The summed E-state index contributed by atoms with van der Waals surface area (Å²) in [7, 11) is 0. The normalized spacial score (nSPS) is 12.5. The van der Waals surface area contributed by atoms with Gasteiger partial charge in [0.1, 0.15) is 11.3 Å². The van der Waals surface area contributed by atoms with Gasteiger partial charge < -0.3 is 14.5 Å². The third-order valence-corrected chi connectivity index (χ3v) is 5.75. The van der Waals surface area contributed by atoms with Crippen LogP contribution in [0.5, 0.6) is 5.75 Å². The third kappa shape index (κ3) is 5.32. The summed E-state index contributed by atoms with van der Waals surface area (Å²) in [5.74, 6) is 0.600. The lowest BCUT2D eigenvalue weighted by atomic mass is 9.87. The molecule has 4 rings (SSSR count). The maximum atomic E-state index is 12.6. The van der Waals surface area contributed by atoms with Crippen LogP contribution in [0, 0.1) is 0 Å². The highest BCUT2D eigenvalue weighted by molar-refractivity contribution is 6.35. The van der Waals surface area contributed by atoms with Crippen molar-refractivity contribution in [2.45, 2.75) is 39.2 Å². The van der Waals surface area contributed by atoms with Gasteiger partial charge in [-0.05, 0) is 66.4 Å². The van der Waals surface area contributed by atoms with Gasteiger partial charge in [-0.1, -0.05) is 56.1 Å². The van der Waals surface area contributed by atoms with Crippen LogP contribution in [-0.2, 0) is 10.2 Å². The van der Waals surface area contributed by atoms with Gasteiger partial charge in [0.25, 0.3) is 5.91 Å². The van der Waals surface area contributed by atoms with Gasteiger partial charge in [-0.25, -0.2) is 4.98 Å². The summed E-state index contributed by atoms with van der Waals surface area (Å²) in [6, 6.07) is 18.4. The SMILES string of the molecule is CC(Oc1ccc(Cl)cc1Cl)C(=O)Nc1ccc2oc(-c3ccc(C(C)(C)C)cc3)nc2c1. The van der Waals surface area contributed by atoms with Crippen molar-refractivity contribution in [3.8, 4) is 17.2 Å². The molecule has 1 unspecified atom stereocenters. The average Bonchev–Trinajstić information content (AvgIpc) is 3.18. The zero-order valence-corrected chi connectivity index (χ0v) is 20.3. The molecule has 0 radical (unpaired) electrons. The molecule has 0 fully saturated rings. The van der Waals surface area contributed by atoms with E-state index in [-0.39, 0.29) is 11.3 Å². The molecular formula is C26H24Cl2N2O3. The van der Waals surface area contributed by atoms with E-state index < -0.39 is 6.10 Å². The van der Waals surface area contributed by atoms with E-state index >= 15 is 0 Å². The molecule has 0 bridgehead atoms. The van der Waals surface area contributed by atoms with E-state index in [9.17, 15) is 4.79 Å². The number of hydrogen-bond donors (Lipinski definition) is 1. The summed E-state index contributed by atoms with van der Waals surface area (Å²) in [5, 5.41) is 3.68. The van der Waals surface area contributed by atoms with Gasteiger partial charge in [0.15, 0.2) is 11.7 Å². The Balaban J connectivity index is 1.48. The second kappa shape index (κ2) is 9.08. The second-order valence-electron chi connectivity index (χ2n) is 8.85. The highest BCUT2D eigenvalue weighted by Crippen LogP contribution is 2.30. The highest BCUT2D eigenvalue weighted by atomic mass is 35.5. The minimum Gasteiger partial charge on any atom is -0.479 e. The first-order valence-electron chi connectivity index (χ1n) is 10.5. The lowest BCUT2D eigenvalue weighted by Crippen LogP contribution is -2.30. The smallest absolute Gasteiger partial charge is 0.265 e. The van der Waals surface area contributed by atoms with E-state index in [0.29, 0.717) is 38.5 Å². The summed E-state index contributed by atoms with van der Waals surface area (Å²) in [6.45, 7) is 8.17. The summed E-state index contributed by atoms with van der Waals surface area (Å²) < 4.78 is 11.6. The van der Waals surface area contributed by atoms with Crippen LogP contribution in [0.15, 0.2) is 65.1 Å². The first kappa shape index (κ1) is 23.1. The monoisotopic (exact) mass is 482 g/mol. The Bertz CT molecular complexity index is 1310. The summed E-state index contributed by atoms with van der Waals surface area (Å²) in [4.78, 5) is 17.2. The molecule has 5 nitrogen and oxygen atoms in total. The molecule has 0 saturated heterocycles. The number of rotatable bonds is 5. The van der Waals surface area contributed by atoms with Crippen LogP contribution < -0.4 is 10.1 Å². The molecule has 0 spiro atoms. The number of carbonyl (C=O) groups excluding carboxylic acids is 1. The number of hydrogen-bond acceptors (Lipinski definition) is 4. The van der Waals surface area contributed by atoms with E-state index in [4.69, 9.17) is 32.4 Å². The largest absolute Gasteiger partial charge is 0.479 e. The lowest BCUT2D eigenvalue weighted by Gasteiger charge is -2.18. The lowest BCUT2D eigenvalue weighted by molar-refractivity contribution is -0.122. The number of oxazole rings is 1. The van der Waals surface area contributed by atoms with Gasteiger partial charge in [-0.3, -0.25) is 4.79 Å². The molecule has 0 saturated carbocycles. The summed E-state index contributed by atoms with van der Waals surface area (Å²) >= 11 is 12.0. The fraction of sp³-hybridized carbons (Fsp3) is 0.231. The van der Waals surface area contributed by atoms with Gasteiger partial charge >= 0.3 is 0 Å². The van der Waals surface area contributed by atoms with Gasteiger partial charge in [0, 0.05) is 16.3 Å². The van der Waals surface area contributed by atoms with Crippen LogP contribution in [0.4, 0.5) is 5.69 Å². The molecule has 0 aliphatic carbocycles. The molecule has 1 amide bonds. The van der Waals surface area contributed by atoms with Crippen LogP contribution in [0.1, 0.15) is 33.3 Å². The number of carbonyl (C=O) groups is 1. The first-order valence-corrected chi connectivity index (χ1v) is 11.3. The van der Waals surface area contributed by atoms with Crippen LogP contribution >= 0.6 is 23.2 Å². The zero-order valence-electron chi connectivity index (χ0n) is 18.8. The third-order valence-electron chi connectivity index (χ3n) is 5.22. The Labute approximate surface area is 202 Å². The molecule has 1 atom stereocenters. The number of nitrogens with one attached hydrogen (secondary N) is 1. The average molecular weight is 483 g/mol. The Morgan fingerprint density at radius 3 is 2.42 bits per heavy atom. The van der Waals surface area contributed by atoms with Crippen molar-refractivity contribution in [2.24, 2.45) is 0 Å². The van der Waals surface area contributed by atoms with E-state index in [2.05, 4.69) is 43.2 Å². The Hall–Kier alpha value is -3.02. The number of ether oxygens (including phenoxy) is 1. The Morgan fingerprint density at radius 2 is 1.76 bits per heavy atom. The topological polar surface area (TPSA) is 64.4 Å². The van der Waals surface area contributed by atoms with E-state index in [1.807, 2.05) is 12.1 Å². The zero-order chi connectivity index (χ0) is 23.8. The van der Waals surface area contributed by atoms with Crippen molar-refractivity contribution in [1.82, 2.24) is 4.98 Å². The molecule has 0 aliphatic rings. The fourth-order valence-corrected chi connectivity index (χ4v) is 3.75. The van der Waals surface area contributed by atoms with Gasteiger partial charge in [0.2, 0.25) is 5.89 Å². The molecule has 1 aromatic heterocycles. The molecule has 170 valence electrons. The fourth-order valence-electron chi connectivity index (χ4n) is 3.30. The van der Waals surface area contributed by atoms with Crippen LogP contribution in [0.2, 0.25) is 10.0 Å². The number of halogens is 2. The molecule has 0 aliphatic heterocycles. The van der Waals surface area contributed by atoms with Crippen LogP contribution in [0.3, 0.4) is 0 Å². The molecule has 7 heteroatoms. The van der Waals surface area contributed by atoms with Crippen molar-refractivity contribution in [2.75, 3.05) is 5.32 Å². The number of aromatic nitrogens is 1. The number of benzene rings is 3. The number of anilines is 1. The van der Waals surface area contributed by atoms with Crippen molar-refractivity contribution in [1.29, 1.82) is 0 Å². The number of amides is 1. The predicted octanol–water partition coefficient (Wildman–Crippen LogP) is 7.51. The molecule has 4 aromatic rings. The molecular weight excluding hydrogens is 459 g/mol. The van der Waals surface area contributed by atoms with Crippen molar-refractivity contribution < 1.29 is 13.9 Å². The van der Waals surface area contributed by atoms with Crippen LogP contribution in [0.25, 0.3) is 22.6 Å². The van der Waals surface area contributed by atoms with Gasteiger partial charge in [-0.2, -0.15) is 0 Å². The highest BCUT2D eigenvalue weighted by Gasteiger charge is 2.18. The molecule has 1 heterocycles. The standard InChI is InChI=1S/C26H24Cl2N2O3/c1-15(32-22-11-9-18(27)13-20(22)28)24(31)29-19-10-12-23-21(14-19)30-25(33-23)16-5-7-17(8-6-16)26(2,3)4/h5-15H,1-4H3,(H,29,31). The first-order chi connectivity index (χ1) is 15.6. The predicted molar refractivity (Wildman–Crippen MR) is 133 cm³/mol. The Kier molecular flexibility index (Phi) is 6.37. The van der Waals surface area contributed by atoms with Crippen molar-refractivity contribution >= 4 is 45.9 Å². The molecule has 3 aromatic carbocycles. The Morgan fingerprint density at radius 1 is 1.03 bits per heavy atom. The molecule has 33 heavy (non-hydrogen) atoms. The maximum absolute atomic E-state index is 12.6.